The van der Waals surface area contributed by atoms with E-state index in [0.717, 1.165) is 18.7 Å². The predicted octanol–water partition coefficient (Wildman–Crippen LogP) is 0.336. The molecule has 13 heavy (non-hydrogen) atoms. The van der Waals surface area contributed by atoms with E-state index in [9.17, 15) is 4.79 Å². The average molecular weight is 182 g/mol. The van der Waals surface area contributed by atoms with E-state index >= 15 is 0 Å². The molecule has 1 aromatic rings. The van der Waals surface area contributed by atoms with Crippen LogP contribution in [0.4, 0.5) is 0 Å². The van der Waals surface area contributed by atoms with Crippen LogP contribution in [0.15, 0.2) is 10.8 Å². The molecule has 2 N–H and O–H groups in total. The van der Waals surface area contributed by atoms with Gasteiger partial charge >= 0.3 is 5.97 Å². The van der Waals surface area contributed by atoms with Crippen LogP contribution in [0.5, 0.6) is 0 Å². The van der Waals surface area contributed by atoms with Crippen molar-refractivity contribution in [1.82, 2.24) is 10.3 Å². The van der Waals surface area contributed by atoms with Crippen LogP contribution in [0.1, 0.15) is 23.9 Å². The summed E-state index contributed by atoms with van der Waals surface area (Å²) >= 11 is 0. The third kappa shape index (κ3) is 1.55. The van der Waals surface area contributed by atoms with E-state index in [4.69, 9.17) is 9.52 Å². The van der Waals surface area contributed by atoms with Gasteiger partial charge in [-0.3, -0.25) is 4.79 Å². The maximum Gasteiger partial charge on any atom is 0.305 e. The van der Waals surface area contributed by atoms with Gasteiger partial charge in [0.2, 0.25) is 0 Å². The highest BCUT2D eigenvalue weighted by Gasteiger charge is 2.25. The lowest BCUT2D eigenvalue weighted by Gasteiger charge is -2.19. The molecule has 1 atom stereocenters. The Morgan fingerprint density at radius 2 is 2.69 bits per heavy atom. The highest BCUT2D eigenvalue weighted by Crippen LogP contribution is 2.23. The number of oxazole rings is 1. The van der Waals surface area contributed by atoms with E-state index in [0.29, 0.717) is 5.76 Å². The Kier molecular flexibility index (Phi) is 2.02. The number of hydrogen-bond donors (Lipinski definition) is 2. The standard InChI is InChI=1S/C8H10N2O3/c11-7(12)3-6-8-5(1-2-9-6)10-4-13-8/h4,6,9H,1-3H2,(H,11,12). The normalized spacial score (nSPS) is 21.1. The Balaban J connectivity index is 2.20. The molecule has 0 spiro atoms. The van der Waals surface area contributed by atoms with Crippen molar-refractivity contribution in [3.05, 3.63) is 17.8 Å². The zero-order chi connectivity index (χ0) is 9.26. The molecule has 0 saturated heterocycles. The van der Waals surface area contributed by atoms with Gasteiger partial charge in [0.1, 0.15) is 5.76 Å². The van der Waals surface area contributed by atoms with Gasteiger partial charge in [0.15, 0.2) is 6.39 Å². The number of aromatic nitrogens is 1. The van der Waals surface area contributed by atoms with E-state index in [-0.39, 0.29) is 12.5 Å². The second-order valence-corrected chi connectivity index (χ2v) is 3.02. The van der Waals surface area contributed by atoms with Crippen LogP contribution < -0.4 is 5.32 Å². The first-order valence-corrected chi connectivity index (χ1v) is 4.15. The molecule has 0 radical (unpaired) electrons. The molecule has 1 aromatic heterocycles. The Bertz CT molecular complexity index is 321. The lowest BCUT2D eigenvalue weighted by Crippen LogP contribution is -2.30. The summed E-state index contributed by atoms with van der Waals surface area (Å²) < 4.78 is 5.13. The average Bonchev–Trinajstić information content (AvgIpc) is 2.51. The van der Waals surface area contributed by atoms with Crippen molar-refractivity contribution in [2.45, 2.75) is 18.9 Å². The number of nitrogens with zero attached hydrogens (tertiary/aromatic N) is 1. The Morgan fingerprint density at radius 1 is 1.85 bits per heavy atom. The fraction of sp³-hybridized carbons (Fsp3) is 0.500. The Morgan fingerprint density at radius 3 is 3.46 bits per heavy atom. The molecular weight excluding hydrogens is 172 g/mol. The summed E-state index contributed by atoms with van der Waals surface area (Å²) in [5, 5.41) is 11.7. The van der Waals surface area contributed by atoms with Crippen LogP contribution in [-0.2, 0) is 11.2 Å². The van der Waals surface area contributed by atoms with E-state index in [1.165, 1.54) is 6.39 Å². The van der Waals surface area contributed by atoms with Crippen LogP contribution in [-0.4, -0.2) is 22.6 Å². The molecule has 0 fully saturated rings. The van der Waals surface area contributed by atoms with E-state index in [1.54, 1.807) is 0 Å². The summed E-state index contributed by atoms with van der Waals surface area (Å²) in [5.41, 5.74) is 0.880. The number of carboxylic acid groups (broad SMARTS) is 1. The van der Waals surface area contributed by atoms with Crippen molar-refractivity contribution < 1.29 is 14.3 Å². The molecule has 70 valence electrons. The van der Waals surface area contributed by atoms with Gasteiger partial charge in [-0.25, -0.2) is 4.98 Å². The summed E-state index contributed by atoms with van der Waals surface area (Å²) in [6.07, 6.45) is 2.22. The van der Waals surface area contributed by atoms with Crippen LogP contribution in [0, 0.1) is 0 Å². The highest BCUT2D eigenvalue weighted by molar-refractivity contribution is 5.67. The third-order valence-corrected chi connectivity index (χ3v) is 2.12. The van der Waals surface area contributed by atoms with Crippen molar-refractivity contribution in [2.75, 3.05) is 6.54 Å². The monoisotopic (exact) mass is 182 g/mol. The minimum absolute atomic E-state index is 0.0438. The van der Waals surface area contributed by atoms with Crippen molar-refractivity contribution >= 4 is 5.97 Å². The molecule has 1 aliphatic rings. The number of carboxylic acids is 1. The van der Waals surface area contributed by atoms with Crippen molar-refractivity contribution in [3.8, 4) is 0 Å². The summed E-state index contributed by atoms with van der Waals surface area (Å²) in [7, 11) is 0. The zero-order valence-electron chi connectivity index (χ0n) is 6.99. The second-order valence-electron chi connectivity index (χ2n) is 3.02. The van der Waals surface area contributed by atoms with Crippen LogP contribution in [0.2, 0.25) is 0 Å². The molecule has 0 aromatic carbocycles. The van der Waals surface area contributed by atoms with Crippen molar-refractivity contribution in [2.24, 2.45) is 0 Å². The fourth-order valence-corrected chi connectivity index (χ4v) is 1.55. The van der Waals surface area contributed by atoms with Crippen LogP contribution in [0.3, 0.4) is 0 Å². The third-order valence-electron chi connectivity index (χ3n) is 2.12. The number of fused-ring (bicyclic) bond motifs is 1. The number of hydrogen-bond acceptors (Lipinski definition) is 4. The fourth-order valence-electron chi connectivity index (χ4n) is 1.55. The van der Waals surface area contributed by atoms with Gasteiger partial charge in [0.05, 0.1) is 18.2 Å². The molecule has 1 unspecified atom stereocenters. The van der Waals surface area contributed by atoms with Gasteiger partial charge in [-0.1, -0.05) is 0 Å². The highest BCUT2D eigenvalue weighted by atomic mass is 16.4. The van der Waals surface area contributed by atoms with Gasteiger partial charge in [0.25, 0.3) is 0 Å². The number of aliphatic carboxylic acids is 1. The summed E-state index contributed by atoms with van der Waals surface area (Å²) in [6, 6.07) is -0.219. The van der Waals surface area contributed by atoms with Gasteiger partial charge in [-0.2, -0.15) is 0 Å². The van der Waals surface area contributed by atoms with E-state index < -0.39 is 5.97 Å². The Hall–Kier alpha value is -1.36. The molecule has 0 aliphatic carbocycles. The zero-order valence-corrected chi connectivity index (χ0v) is 6.99. The minimum atomic E-state index is -0.832. The molecule has 1 aliphatic heterocycles. The molecule has 2 rings (SSSR count). The smallest absolute Gasteiger partial charge is 0.305 e. The van der Waals surface area contributed by atoms with E-state index in [2.05, 4.69) is 10.3 Å². The number of rotatable bonds is 2. The number of carbonyl (C=O) groups is 1. The lowest BCUT2D eigenvalue weighted by molar-refractivity contribution is -0.137. The predicted molar refractivity (Wildman–Crippen MR) is 43.2 cm³/mol. The first-order valence-electron chi connectivity index (χ1n) is 4.15. The molecule has 5 heteroatoms. The van der Waals surface area contributed by atoms with Gasteiger partial charge < -0.3 is 14.8 Å². The number of nitrogens with one attached hydrogen (secondary N) is 1. The summed E-state index contributed by atoms with van der Waals surface area (Å²) in [4.78, 5) is 14.5. The van der Waals surface area contributed by atoms with Gasteiger partial charge in [-0.15, -0.1) is 0 Å². The van der Waals surface area contributed by atoms with Gasteiger partial charge in [0, 0.05) is 13.0 Å². The van der Waals surface area contributed by atoms with Crippen LogP contribution in [0.25, 0.3) is 0 Å². The molecule has 0 bridgehead atoms. The van der Waals surface area contributed by atoms with Gasteiger partial charge in [-0.05, 0) is 0 Å². The molecule has 0 amide bonds. The first kappa shape index (κ1) is 8.25. The molecule has 2 heterocycles. The minimum Gasteiger partial charge on any atom is -0.481 e. The van der Waals surface area contributed by atoms with Crippen molar-refractivity contribution in [1.29, 1.82) is 0 Å². The van der Waals surface area contributed by atoms with E-state index in [1.807, 2.05) is 0 Å². The molecular formula is C8H10N2O3. The lowest BCUT2D eigenvalue weighted by atomic mass is 10.0. The summed E-state index contributed by atoms with van der Waals surface area (Å²) in [5.74, 6) is -0.157. The topological polar surface area (TPSA) is 75.4 Å². The largest absolute Gasteiger partial charge is 0.481 e. The Labute approximate surface area is 74.8 Å². The molecule has 5 nitrogen and oxygen atoms in total. The quantitative estimate of drug-likeness (QED) is 0.689. The molecule has 0 saturated carbocycles. The first-order chi connectivity index (χ1) is 6.27. The SMILES string of the molecule is O=C(O)CC1NCCc2ncoc21. The van der Waals surface area contributed by atoms with Crippen molar-refractivity contribution in [3.63, 3.8) is 0 Å². The van der Waals surface area contributed by atoms with Crippen LogP contribution >= 0.6 is 0 Å². The second kappa shape index (κ2) is 3.18. The maximum atomic E-state index is 10.5. The summed E-state index contributed by atoms with van der Waals surface area (Å²) in [6.45, 7) is 0.761. The maximum absolute atomic E-state index is 10.5.